The summed E-state index contributed by atoms with van der Waals surface area (Å²) in [6, 6.07) is 13.8. The van der Waals surface area contributed by atoms with Crippen LogP contribution < -0.4 is 14.8 Å². The van der Waals surface area contributed by atoms with Crippen molar-refractivity contribution in [2.24, 2.45) is 0 Å². The molecule has 0 unspecified atom stereocenters. The van der Waals surface area contributed by atoms with Gasteiger partial charge >= 0.3 is 0 Å². The largest absolute Gasteiger partial charge is 0.497 e. The summed E-state index contributed by atoms with van der Waals surface area (Å²) in [4.78, 5) is 15.4. The number of benzene rings is 2. The molecular formula is C24H28N2O4. The number of nitrogens with one attached hydrogen (secondary N) is 1. The lowest BCUT2D eigenvalue weighted by atomic mass is 10.0. The van der Waals surface area contributed by atoms with Gasteiger partial charge in [0.1, 0.15) is 17.1 Å². The predicted octanol–water partition coefficient (Wildman–Crippen LogP) is 4.33. The van der Waals surface area contributed by atoms with Gasteiger partial charge in [0, 0.05) is 17.5 Å². The van der Waals surface area contributed by atoms with Crippen molar-refractivity contribution in [1.29, 1.82) is 0 Å². The summed E-state index contributed by atoms with van der Waals surface area (Å²) < 4.78 is 16.4. The summed E-state index contributed by atoms with van der Waals surface area (Å²) in [5, 5.41) is 3.99. The lowest BCUT2D eigenvalue weighted by Gasteiger charge is -2.28. The number of ether oxygens (including phenoxy) is 2. The maximum atomic E-state index is 13.0. The highest BCUT2D eigenvalue weighted by molar-refractivity contribution is 5.99. The van der Waals surface area contributed by atoms with Crippen LogP contribution in [-0.2, 0) is 0 Å². The molecule has 6 nitrogen and oxygen atoms in total. The van der Waals surface area contributed by atoms with E-state index in [2.05, 4.69) is 22.3 Å². The minimum Gasteiger partial charge on any atom is -0.497 e. The Morgan fingerprint density at radius 1 is 1.07 bits per heavy atom. The highest BCUT2D eigenvalue weighted by Gasteiger charge is 2.25. The van der Waals surface area contributed by atoms with Crippen molar-refractivity contribution in [3.8, 4) is 11.5 Å². The number of aryl methyl sites for hydroxylation is 1. The molecule has 30 heavy (non-hydrogen) atoms. The quantitative estimate of drug-likeness (QED) is 0.631. The van der Waals surface area contributed by atoms with Crippen molar-refractivity contribution in [2.75, 3.05) is 33.9 Å². The van der Waals surface area contributed by atoms with Crippen LogP contribution in [0.25, 0.3) is 11.0 Å². The van der Waals surface area contributed by atoms with Crippen molar-refractivity contribution < 1.29 is 18.7 Å². The van der Waals surface area contributed by atoms with E-state index in [1.165, 1.54) is 18.4 Å². The molecule has 3 aromatic rings. The second-order valence-electron chi connectivity index (χ2n) is 7.66. The van der Waals surface area contributed by atoms with Crippen LogP contribution in [0.1, 0.15) is 40.6 Å². The molecule has 1 amide bonds. The molecular weight excluding hydrogens is 380 g/mol. The van der Waals surface area contributed by atoms with E-state index in [4.69, 9.17) is 13.9 Å². The van der Waals surface area contributed by atoms with Gasteiger partial charge < -0.3 is 19.2 Å². The Balaban J connectivity index is 1.53. The molecule has 0 aliphatic carbocycles. The first-order valence-corrected chi connectivity index (χ1v) is 10.3. The number of fused-ring (bicyclic) bond motifs is 1. The molecule has 1 atom stereocenters. The van der Waals surface area contributed by atoms with Crippen molar-refractivity contribution in [2.45, 2.75) is 25.8 Å². The van der Waals surface area contributed by atoms with Gasteiger partial charge in [0.25, 0.3) is 5.91 Å². The van der Waals surface area contributed by atoms with Gasteiger partial charge in [-0.2, -0.15) is 0 Å². The normalized spacial score (nSPS) is 15.3. The number of carbonyl (C=O) groups is 1. The molecule has 0 saturated carbocycles. The standard InChI is InChI=1S/C24H28N2O4/c1-16-20-14-19(29-3)10-11-22(20)30-23(16)24(27)25-15-21(26-12-4-5-13-26)17-6-8-18(28-2)9-7-17/h6-11,14,21H,4-5,12-13,15H2,1-3H3,(H,25,27)/t21-/m1/s1. The number of methoxy groups -OCH3 is 2. The number of hydrogen-bond acceptors (Lipinski definition) is 5. The first-order chi connectivity index (χ1) is 14.6. The number of likely N-dealkylation sites (tertiary alicyclic amines) is 1. The molecule has 4 rings (SSSR count). The maximum Gasteiger partial charge on any atom is 0.287 e. The van der Waals surface area contributed by atoms with Gasteiger partial charge in [0.15, 0.2) is 5.76 Å². The number of furan rings is 1. The zero-order valence-corrected chi connectivity index (χ0v) is 17.7. The van der Waals surface area contributed by atoms with E-state index in [1.807, 2.05) is 37.3 Å². The molecule has 2 heterocycles. The molecule has 158 valence electrons. The van der Waals surface area contributed by atoms with Crippen LogP contribution >= 0.6 is 0 Å². The third kappa shape index (κ3) is 4.00. The third-order valence-electron chi connectivity index (χ3n) is 5.89. The Hall–Kier alpha value is -2.99. The molecule has 2 aromatic carbocycles. The number of carbonyl (C=O) groups excluding carboxylic acids is 1. The van der Waals surface area contributed by atoms with Crippen molar-refractivity contribution in [1.82, 2.24) is 10.2 Å². The minimum absolute atomic E-state index is 0.118. The average molecular weight is 408 g/mol. The van der Waals surface area contributed by atoms with E-state index < -0.39 is 0 Å². The molecule has 1 saturated heterocycles. The second kappa shape index (κ2) is 8.79. The minimum atomic E-state index is -0.194. The Morgan fingerprint density at radius 3 is 2.40 bits per heavy atom. The van der Waals surface area contributed by atoms with Gasteiger partial charge in [0.2, 0.25) is 0 Å². The van der Waals surface area contributed by atoms with Crippen LogP contribution in [0, 0.1) is 6.92 Å². The number of nitrogens with zero attached hydrogens (tertiary/aromatic N) is 1. The fraction of sp³-hybridized carbons (Fsp3) is 0.375. The van der Waals surface area contributed by atoms with Crippen LogP contribution in [0.5, 0.6) is 11.5 Å². The molecule has 1 aliphatic rings. The van der Waals surface area contributed by atoms with Gasteiger partial charge in [-0.1, -0.05) is 12.1 Å². The smallest absolute Gasteiger partial charge is 0.287 e. The van der Waals surface area contributed by atoms with Gasteiger partial charge in [-0.25, -0.2) is 0 Å². The van der Waals surface area contributed by atoms with Gasteiger partial charge in [-0.05, 0) is 68.8 Å². The van der Waals surface area contributed by atoms with Crippen molar-refractivity contribution in [3.05, 3.63) is 59.4 Å². The zero-order chi connectivity index (χ0) is 21.1. The van der Waals surface area contributed by atoms with E-state index in [9.17, 15) is 4.79 Å². The fourth-order valence-electron chi connectivity index (χ4n) is 4.15. The average Bonchev–Trinajstić information content (AvgIpc) is 3.42. The van der Waals surface area contributed by atoms with Gasteiger partial charge in [-0.3, -0.25) is 9.69 Å². The number of amides is 1. The summed E-state index contributed by atoms with van der Waals surface area (Å²) in [7, 11) is 3.29. The number of hydrogen-bond donors (Lipinski definition) is 1. The summed E-state index contributed by atoms with van der Waals surface area (Å²) in [6.07, 6.45) is 2.37. The molecule has 0 radical (unpaired) electrons. The Labute approximate surface area is 176 Å². The molecule has 1 aromatic heterocycles. The molecule has 1 N–H and O–H groups in total. The van der Waals surface area contributed by atoms with Gasteiger partial charge in [0.05, 0.1) is 20.3 Å². The van der Waals surface area contributed by atoms with E-state index >= 15 is 0 Å². The third-order valence-corrected chi connectivity index (χ3v) is 5.89. The van der Waals surface area contributed by atoms with Crippen LogP contribution in [-0.4, -0.2) is 44.7 Å². The SMILES string of the molecule is COc1ccc([C@@H](CNC(=O)c2oc3ccc(OC)cc3c2C)N2CCCC2)cc1. The lowest BCUT2D eigenvalue weighted by Crippen LogP contribution is -2.36. The Morgan fingerprint density at radius 2 is 1.73 bits per heavy atom. The van der Waals surface area contributed by atoms with Crippen molar-refractivity contribution in [3.63, 3.8) is 0 Å². The van der Waals surface area contributed by atoms with E-state index in [0.29, 0.717) is 17.9 Å². The van der Waals surface area contributed by atoms with Crippen LogP contribution in [0.2, 0.25) is 0 Å². The molecule has 1 aliphatic heterocycles. The molecule has 6 heteroatoms. The monoisotopic (exact) mass is 408 g/mol. The first-order valence-electron chi connectivity index (χ1n) is 10.3. The van der Waals surface area contributed by atoms with E-state index in [-0.39, 0.29) is 11.9 Å². The molecule has 1 fully saturated rings. The Bertz CT molecular complexity index is 1020. The van der Waals surface area contributed by atoms with E-state index in [0.717, 1.165) is 35.5 Å². The van der Waals surface area contributed by atoms with Crippen LogP contribution in [0.3, 0.4) is 0 Å². The Kier molecular flexibility index (Phi) is 5.95. The summed E-state index contributed by atoms with van der Waals surface area (Å²) in [5.41, 5.74) is 2.68. The highest BCUT2D eigenvalue weighted by atomic mass is 16.5. The first kappa shape index (κ1) is 20.3. The van der Waals surface area contributed by atoms with Crippen LogP contribution in [0.4, 0.5) is 0 Å². The van der Waals surface area contributed by atoms with Crippen LogP contribution in [0.15, 0.2) is 46.9 Å². The summed E-state index contributed by atoms with van der Waals surface area (Å²) >= 11 is 0. The molecule has 0 spiro atoms. The summed E-state index contributed by atoms with van der Waals surface area (Å²) in [6.45, 7) is 4.50. The molecule has 0 bridgehead atoms. The van der Waals surface area contributed by atoms with E-state index in [1.54, 1.807) is 14.2 Å². The fourth-order valence-corrected chi connectivity index (χ4v) is 4.15. The van der Waals surface area contributed by atoms with Gasteiger partial charge in [-0.15, -0.1) is 0 Å². The number of rotatable bonds is 7. The highest BCUT2D eigenvalue weighted by Crippen LogP contribution is 2.30. The second-order valence-corrected chi connectivity index (χ2v) is 7.66. The lowest BCUT2D eigenvalue weighted by molar-refractivity contribution is 0.0911. The topological polar surface area (TPSA) is 63.9 Å². The summed E-state index contributed by atoms with van der Waals surface area (Å²) in [5.74, 6) is 1.73. The van der Waals surface area contributed by atoms with Crippen molar-refractivity contribution >= 4 is 16.9 Å². The predicted molar refractivity (Wildman–Crippen MR) is 116 cm³/mol. The zero-order valence-electron chi connectivity index (χ0n) is 17.7. The maximum absolute atomic E-state index is 13.0.